The predicted octanol–water partition coefficient (Wildman–Crippen LogP) is 2.45. The molecule has 0 aliphatic rings. The number of hydrogen-bond acceptors (Lipinski definition) is 4. The molecule has 0 spiro atoms. The summed E-state index contributed by atoms with van der Waals surface area (Å²) in [7, 11) is 7.49. The van der Waals surface area contributed by atoms with Crippen LogP contribution < -0.4 is 15.0 Å². The lowest BCUT2D eigenvalue weighted by Gasteiger charge is -2.31. The fourth-order valence-corrected chi connectivity index (χ4v) is 2.19. The molecule has 0 heterocycles. The molecule has 1 aromatic rings. The van der Waals surface area contributed by atoms with E-state index in [0.717, 1.165) is 5.75 Å². The van der Waals surface area contributed by atoms with Crippen molar-refractivity contribution in [2.24, 2.45) is 0 Å². The van der Waals surface area contributed by atoms with Crippen molar-refractivity contribution in [2.45, 2.75) is 25.9 Å². The normalized spacial score (nSPS) is 14.0. The summed E-state index contributed by atoms with van der Waals surface area (Å²) in [6, 6.07) is 6.68. The third-order valence-electron chi connectivity index (χ3n) is 3.58. The van der Waals surface area contributed by atoms with Crippen molar-refractivity contribution in [3.63, 3.8) is 0 Å². The standard InChI is InChI=1S/C15H26N2O2/c1-11(10-18-5)17(4)13-8-7-9-14(19-6)15(13)12(2)16-3/h7-9,11-12,16H,10H2,1-6H3. The van der Waals surface area contributed by atoms with Gasteiger partial charge >= 0.3 is 0 Å². The third-order valence-corrected chi connectivity index (χ3v) is 3.58. The van der Waals surface area contributed by atoms with Crippen LogP contribution in [0.25, 0.3) is 0 Å². The van der Waals surface area contributed by atoms with E-state index < -0.39 is 0 Å². The summed E-state index contributed by atoms with van der Waals surface area (Å²) in [4.78, 5) is 2.23. The number of anilines is 1. The molecular formula is C15H26N2O2. The van der Waals surface area contributed by atoms with Crippen LogP contribution in [0.15, 0.2) is 18.2 Å². The Morgan fingerprint density at radius 3 is 2.47 bits per heavy atom. The van der Waals surface area contributed by atoms with Crippen molar-refractivity contribution in [3.05, 3.63) is 23.8 Å². The fourth-order valence-electron chi connectivity index (χ4n) is 2.19. The van der Waals surface area contributed by atoms with Crippen LogP contribution in [-0.2, 0) is 4.74 Å². The number of benzene rings is 1. The number of likely N-dealkylation sites (N-methyl/N-ethyl adjacent to an activating group) is 1. The highest BCUT2D eigenvalue weighted by atomic mass is 16.5. The first-order chi connectivity index (χ1) is 9.06. The number of rotatable bonds is 7. The number of methoxy groups -OCH3 is 2. The zero-order valence-electron chi connectivity index (χ0n) is 12.9. The van der Waals surface area contributed by atoms with Crippen LogP contribution in [0.4, 0.5) is 5.69 Å². The first-order valence-corrected chi connectivity index (χ1v) is 6.62. The number of nitrogens with zero attached hydrogens (tertiary/aromatic N) is 1. The van der Waals surface area contributed by atoms with E-state index in [0.29, 0.717) is 12.6 Å². The highest BCUT2D eigenvalue weighted by Gasteiger charge is 2.19. The molecule has 1 aromatic carbocycles. The maximum atomic E-state index is 5.50. The SMILES string of the molecule is CNC(C)c1c(OC)cccc1N(C)C(C)COC. The molecule has 4 nitrogen and oxygen atoms in total. The Balaban J connectivity index is 3.18. The van der Waals surface area contributed by atoms with Gasteiger partial charge in [-0.1, -0.05) is 6.07 Å². The number of ether oxygens (including phenoxy) is 2. The fraction of sp³-hybridized carbons (Fsp3) is 0.600. The van der Waals surface area contributed by atoms with Gasteiger partial charge in [0, 0.05) is 37.5 Å². The minimum absolute atomic E-state index is 0.225. The first kappa shape index (κ1) is 15.8. The van der Waals surface area contributed by atoms with Crippen molar-refractivity contribution in [3.8, 4) is 5.75 Å². The van der Waals surface area contributed by atoms with Crippen LogP contribution in [-0.4, -0.2) is 41.0 Å². The van der Waals surface area contributed by atoms with Gasteiger partial charge in [0.05, 0.1) is 13.7 Å². The molecule has 0 aromatic heterocycles. The Kier molecular flexibility index (Phi) is 6.12. The molecular weight excluding hydrogens is 240 g/mol. The van der Waals surface area contributed by atoms with Crippen molar-refractivity contribution in [1.29, 1.82) is 0 Å². The molecule has 2 atom stereocenters. The van der Waals surface area contributed by atoms with Crippen LogP contribution in [0.3, 0.4) is 0 Å². The smallest absolute Gasteiger partial charge is 0.125 e. The quantitative estimate of drug-likeness (QED) is 0.822. The minimum Gasteiger partial charge on any atom is -0.496 e. The monoisotopic (exact) mass is 266 g/mol. The van der Waals surface area contributed by atoms with Gasteiger partial charge in [-0.2, -0.15) is 0 Å². The molecule has 0 bridgehead atoms. The average molecular weight is 266 g/mol. The van der Waals surface area contributed by atoms with Gasteiger partial charge in [0.1, 0.15) is 5.75 Å². The first-order valence-electron chi connectivity index (χ1n) is 6.62. The Labute approximate surface area is 116 Å². The lowest BCUT2D eigenvalue weighted by molar-refractivity contribution is 0.183. The van der Waals surface area contributed by atoms with Crippen LogP contribution in [0, 0.1) is 0 Å². The van der Waals surface area contributed by atoms with E-state index in [-0.39, 0.29) is 6.04 Å². The Morgan fingerprint density at radius 2 is 1.95 bits per heavy atom. The Bertz CT molecular complexity index is 396. The highest BCUT2D eigenvalue weighted by molar-refractivity contribution is 5.61. The third kappa shape index (κ3) is 3.61. The van der Waals surface area contributed by atoms with Gasteiger partial charge in [0.25, 0.3) is 0 Å². The van der Waals surface area contributed by atoms with Crippen LogP contribution in [0.5, 0.6) is 5.75 Å². The molecule has 0 amide bonds. The van der Waals surface area contributed by atoms with Gasteiger partial charge in [-0.3, -0.25) is 0 Å². The van der Waals surface area contributed by atoms with Gasteiger partial charge in [0.2, 0.25) is 0 Å². The van der Waals surface area contributed by atoms with E-state index in [2.05, 4.69) is 37.2 Å². The van der Waals surface area contributed by atoms with Gasteiger partial charge in [-0.05, 0) is 33.0 Å². The summed E-state index contributed by atoms with van der Waals surface area (Å²) < 4.78 is 10.7. The van der Waals surface area contributed by atoms with E-state index in [9.17, 15) is 0 Å². The minimum atomic E-state index is 0.225. The summed E-state index contributed by atoms with van der Waals surface area (Å²) >= 11 is 0. The topological polar surface area (TPSA) is 33.7 Å². The summed E-state index contributed by atoms with van der Waals surface area (Å²) in [5, 5.41) is 3.28. The molecule has 0 fully saturated rings. The molecule has 108 valence electrons. The zero-order valence-corrected chi connectivity index (χ0v) is 12.9. The van der Waals surface area contributed by atoms with Gasteiger partial charge in [-0.25, -0.2) is 0 Å². The lowest BCUT2D eigenvalue weighted by atomic mass is 10.0. The van der Waals surface area contributed by atoms with Gasteiger partial charge in [0.15, 0.2) is 0 Å². The second-order valence-corrected chi connectivity index (χ2v) is 4.82. The molecule has 0 saturated heterocycles. The molecule has 0 aliphatic heterocycles. The van der Waals surface area contributed by atoms with E-state index >= 15 is 0 Å². The summed E-state index contributed by atoms with van der Waals surface area (Å²) in [6.07, 6.45) is 0. The molecule has 1 N–H and O–H groups in total. The maximum absolute atomic E-state index is 5.50. The van der Waals surface area contributed by atoms with Crippen molar-refractivity contribution >= 4 is 5.69 Å². The summed E-state index contributed by atoms with van der Waals surface area (Å²) in [5.74, 6) is 0.913. The van der Waals surface area contributed by atoms with Crippen LogP contribution in [0.2, 0.25) is 0 Å². The van der Waals surface area contributed by atoms with Crippen molar-refractivity contribution < 1.29 is 9.47 Å². The molecule has 19 heavy (non-hydrogen) atoms. The number of hydrogen-bond donors (Lipinski definition) is 1. The highest BCUT2D eigenvalue weighted by Crippen LogP contribution is 2.34. The molecule has 4 heteroatoms. The van der Waals surface area contributed by atoms with Crippen molar-refractivity contribution in [1.82, 2.24) is 5.32 Å². The molecule has 2 unspecified atom stereocenters. The zero-order chi connectivity index (χ0) is 14.4. The molecule has 0 saturated carbocycles. The molecule has 1 rings (SSSR count). The van der Waals surface area contributed by atoms with Gasteiger partial charge in [-0.15, -0.1) is 0 Å². The Morgan fingerprint density at radius 1 is 1.26 bits per heavy atom. The van der Waals surface area contributed by atoms with Crippen LogP contribution in [0.1, 0.15) is 25.5 Å². The van der Waals surface area contributed by atoms with Gasteiger partial charge < -0.3 is 19.7 Å². The second kappa shape index (κ2) is 7.36. The predicted molar refractivity (Wildman–Crippen MR) is 80.2 cm³/mol. The molecule has 0 radical (unpaired) electrons. The Hall–Kier alpha value is -1.26. The molecule has 0 aliphatic carbocycles. The average Bonchev–Trinajstić information content (AvgIpc) is 2.44. The largest absolute Gasteiger partial charge is 0.496 e. The summed E-state index contributed by atoms with van der Waals surface area (Å²) in [5.41, 5.74) is 2.35. The maximum Gasteiger partial charge on any atom is 0.125 e. The lowest BCUT2D eigenvalue weighted by Crippen LogP contribution is -2.34. The van der Waals surface area contributed by atoms with E-state index in [1.165, 1.54) is 11.3 Å². The van der Waals surface area contributed by atoms with E-state index in [1.807, 2.05) is 19.2 Å². The second-order valence-electron chi connectivity index (χ2n) is 4.82. The summed E-state index contributed by atoms with van der Waals surface area (Å²) in [6.45, 7) is 4.98. The van der Waals surface area contributed by atoms with Crippen LogP contribution >= 0.6 is 0 Å². The van der Waals surface area contributed by atoms with E-state index in [1.54, 1.807) is 14.2 Å². The number of nitrogens with one attached hydrogen (secondary N) is 1. The van der Waals surface area contributed by atoms with Crippen molar-refractivity contribution in [2.75, 3.05) is 39.8 Å². The van der Waals surface area contributed by atoms with E-state index in [4.69, 9.17) is 9.47 Å².